The molecule has 1 aromatic carbocycles. The Labute approximate surface area is 111 Å². The lowest BCUT2D eigenvalue weighted by molar-refractivity contribution is -0.166. The highest BCUT2D eigenvalue weighted by Crippen LogP contribution is 2.25. The third-order valence-corrected chi connectivity index (χ3v) is 2.60. The number of ether oxygens (including phenoxy) is 1. The molecule has 1 aromatic rings. The number of nitrogens with two attached hydrogens (primary N) is 1. The molecule has 2 N–H and O–H groups in total. The standard InChI is InChI=1S/C12H13F6NO/c1-6-2-3-7(13)9(10(6)14)8(19)4-20-5-12(17,18)11(15)16/h2-3,8,11H,4-5,19H2,1H3. The summed E-state index contributed by atoms with van der Waals surface area (Å²) in [5.41, 5.74) is 5.03. The summed E-state index contributed by atoms with van der Waals surface area (Å²) >= 11 is 0. The predicted octanol–water partition coefficient (Wildman–Crippen LogP) is 3.19. The fourth-order valence-corrected chi connectivity index (χ4v) is 1.49. The molecule has 0 saturated heterocycles. The molecule has 0 fully saturated rings. The van der Waals surface area contributed by atoms with Crippen molar-refractivity contribution in [1.29, 1.82) is 0 Å². The summed E-state index contributed by atoms with van der Waals surface area (Å²) in [6.07, 6.45) is -3.88. The van der Waals surface area contributed by atoms with Crippen LogP contribution in [0.15, 0.2) is 12.1 Å². The molecule has 0 amide bonds. The van der Waals surface area contributed by atoms with Crippen molar-refractivity contribution in [1.82, 2.24) is 0 Å². The molecule has 1 rings (SSSR count). The third kappa shape index (κ3) is 3.86. The van der Waals surface area contributed by atoms with Crippen LogP contribution in [0.3, 0.4) is 0 Å². The van der Waals surface area contributed by atoms with E-state index in [4.69, 9.17) is 5.73 Å². The lowest BCUT2D eigenvalue weighted by Crippen LogP contribution is -2.34. The van der Waals surface area contributed by atoms with Gasteiger partial charge in [0.2, 0.25) is 0 Å². The van der Waals surface area contributed by atoms with Crippen LogP contribution < -0.4 is 5.73 Å². The summed E-state index contributed by atoms with van der Waals surface area (Å²) in [6, 6.07) is 0.789. The van der Waals surface area contributed by atoms with E-state index < -0.39 is 48.8 Å². The minimum absolute atomic E-state index is 0.120. The topological polar surface area (TPSA) is 35.2 Å². The van der Waals surface area contributed by atoms with E-state index in [1.165, 1.54) is 13.0 Å². The average molecular weight is 301 g/mol. The van der Waals surface area contributed by atoms with Gasteiger partial charge in [0, 0.05) is 5.56 Å². The molecule has 1 unspecified atom stereocenters. The molecule has 2 nitrogen and oxygen atoms in total. The molecular weight excluding hydrogens is 288 g/mol. The zero-order valence-corrected chi connectivity index (χ0v) is 10.5. The van der Waals surface area contributed by atoms with Crippen LogP contribution >= 0.6 is 0 Å². The van der Waals surface area contributed by atoms with Crippen molar-refractivity contribution in [2.75, 3.05) is 13.2 Å². The molecule has 0 heterocycles. The van der Waals surface area contributed by atoms with Gasteiger partial charge in [-0.1, -0.05) is 6.07 Å². The van der Waals surface area contributed by atoms with E-state index in [9.17, 15) is 26.3 Å². The first-order chi connectivity index (χ1) is 9.16. The van der Waals surface area contributed by atoms with Crippen LogP contribution in [0.4, 0.5) is 26.3 Å². The number of rotatable bonds is 6. The minimum atomic E-state index is -4.33. The molecular formula is C12H13F6NO. The fraction of sp³-hybridized carbons (Fsp3) is 0.500. The fourth-order valence-electron chi connectivity index (χ4n) is 1.49. The van der Waals surface area contributed by atoms with Gasteiger partial charge in [-0.3, -0.25) is 0 Å². The van der Waals surface area contributed by atoms with Crippen LogP contribution in [0.1, 0.15) is 17.2 Å². The number of halogens is 6. The first-order valence-corrected chi connectivity index (χ1v) is 5.60. The highest BCUT2D eigenvalue weighted by molar-refractivity contribution is 5.29. The van der Waals surface area contributed by atoms with Gasteiger partial charge in [-0.2, -0.15) is 8.78 Å². The van der Waals surface area contributed by atoms with Gasteiger partial charge in [0.25, 0.3) is 0 Å². The summed E-state index contributed by atoms with van der Waals surface area (Å²) in [6.45, 7) is -0.913. The molecule has 0 aromatic heterocycles. The van der Waals surface area contributed by atoms with Gasteiger partial charge in [0.05, 0.1) is 12.6 Å². The molecule has 8 heteroatoms. The third-order valence-electron chi connectivity index (χ3n) is 2.60. The van der Waals surface area contributed by atoms with Crippen molar-refractivity contribution in [2.24, 2.45) is 5.73 Å². The minimum Gasteiger partial charge on any atom is -0.373 e. The second-order valence-corrected chi connectivity index (χ2v) is 4.28. The van der Waals surface area contributed by atoms with Crippen LogP contribution in [0.25, 0.3) is 0 Å². The summed E-state index contributed by atoms with van der Waals surface area (Å²) in [5.74, 6) is -6.20. The van der Waals surface area contributed by atoms with Crippen molar-refractivity contribution in [2.45, 2.75) is 25.3 Å². The van der Waals surface area contributed by atoms with E-state index in [0.717, 1.165) is 6.07 Å². The lowest BCUT2D eigenvalue weighted by Gasteiger charge is -2.18. The van der Waals surface area contributed by atoms with E-state index in [-0.39, 0.29) is 5.56 Å². The molecule has 0 aliphatic rings. The van der Waals surface area contributed by atoms with Crippen LogP contribution in [0, 0.1) is 18.6 Å². The maximum atomic E-state index is 13.7. The smallest absolute Gasteiger partial charge is 0.330 e. The van der Waals surface area contributed by atoms with Crippen LogP contribution in [-0.4, -0.2) is 25.6 Å². The van der Waals surface area contributed by atoms with Crippen molar-refractivity contribution in [3.8, 4) is 0 Å². The first-order valence-electron chi connectivity index (χ1n) is 5.60. The Balaban J connectivity index is 2.69. The van der Waals surface area contributed by atoms with Gasteiger partial charge in [0.1, 0.15) is 18.2 Å². The van der Waals surface area contributed by atoms with Gasteiger partial charge < -0.3 is 10.5 Å². The van der Waals surface area contributed by atoms with Crippen molar-refractivity contribution >= 4 is 0 Å². The molecule has 1 atom stereocenters. The quantitative estimate of drug-likeness (QED) is 0.819. The number of benzene rings is 1. The second kappa shape index (κ2) is 6.45. The van der Waals surface area contributed by atoms with Gasteiger partial charge in [-0.15, -0.1) is 0 Å². The highest BCUT2D eigenvalue weighted by Gasteiger charge is 2.41. The molecule has 20 heavy (non-hydrogen) atoms. The SMILES string of the molecule is Cc1ccc(F)c(C(N)COCC(F)(F)C(F)F)c1F. The van der Waals surface area contributed by atoms with Crippen LogP contribution in [-0.2, 0) is 4.74 Å². The Morgan fingerprint density at radius 3 is 2.40 bits per heavy atom. The van der Waals surface area contributed by atoms with Gasteiger partial charge >= 0.3 is 12.3 Å². The lowest BCUT2D eigenvalue weighted by atomic mass is 10.0. The Morgan fingerprint density at radius 2 is 1.85 bits per heavy atom. The number of hydrogen-bond donors (Lipinski definition) is 1. The first kappa shape index (κ1) is 16.8. The zero-order chi connectivity index (χ0) is 15.5. The predicted molar refractivity (Wildman–Crippen MR) is 59.8 cm³/mol. The van der Waals surface area contributed by atoms with E-state index in [1.807, 2.05) is 0 Å². The van der Waals surface area contributed by atoms with Crippen molar-refractivity contribution in [3.63, 3.8) is 0 Å². The normalized spacial score (nSPS) is 13.8. The molecule has 0 spiro atoms. The van der Waals surface area contributed by atoms with E-state index in [0.29, 0.717) is 0 Å². The van der Waals surface area contributed by atoms with Gasteiger partial charge in [-0.25, -0.2) is 17.6 Å². The van der Waals surface area contributed by atoms with Crippen molar-refractivity contribution < 1.29 is 31.1 Å². The maximum Gasteiger partial charge on any atom is 0.330 e. The zero-order valence-electron chi connectivity index (χ0n) is 10.5. The van der Waals surface area contributed by atoms with E-state index in [1.54, 1.807) is 0 Å². The number of hydrogen-bond acceptors (Lipinski definition) is 2. The average Bonchev–Trinajstić information content (AvgIpc) is 2.34. The van der Waals surface area contributed by atoms with Gasteiger partial charge in [0.15, 0.2) is 0 Å². The van der Waals surface area contributed by atoms with E-state index in [2.05, 4.69) is 4.74 Å². The molecule has 0 bridgehead atoms. The van der Waals surface area contributed by atoms with Crippen LogP contribution in [0.2, 0.25) is 0 Å². The monoisotopic (exact) mass is 301 g/mol. The molecule has 0 saturated carbocycles. The number of aryl methyl sites for hydroxylation is 1. The highest BCUT2D eigenvalue weighted by atomic mass is 19.3. The Hall–Kier alpha value is -1.28. The Kier molecular flexibility index (Phi) is 5.41. The Bertz CT molecular complexity index is 466. The summed E-state index contributed by atoms with van der Waals surface area (Å²) in [7, 11) is 0. The largest absolute Gasteiger partial charge is 0.373 e. The van der Waals surface area contributed by atoms with E-state index >= 15 is 0 Å². The number of alkyl halides is 4. The molecule has 114 valence electrons. The molecule has 0 aliphatic carbocycles. The maximum absolute atomic E-state index is 13.7. The second-order valence-electron chi connectivity index (χ2n) is 4.28. The molecule has 0 aliphatic heterocycles. The Morgan fingerprint density at radius 1 is 1.25 bits per heavy atom. The van der Waals surface area contributed by atoms with Gasteiger partial charge in [-0.05, 0) is 18.6 Å². The van der Waals surface area contributed by atoms with Crippen molar-refractivity contribution in [3.05, 3.63) is 34.9 Å². The van der Waals surface area contributed by atoms with Crippen LogP contribution in [0.5, 0.6) is 0 Å². The molecule has 0 radical (unpaired) electrons. The summed E-state index contributed by atoms with van der Waals surface area (Å²) in [4.78, 5) is 0. The summed E-state index contributed by atoms with van der Waals surface area (Å²) in [5, 5.41) is 0. The summed E-state index contributed by atoms with van der Waals surface area (Å²) < 4.78 is 80.3.